The minimum absolute atomic E-state index is 0.109. The molecule has 6 heteroatoms. The van der Waals surface area contributed by atoms with Crippen LogP contribution in [-0.4, -0.2) is 48.0 Å². The van der Waals surface area contributed by atoms with Gasteiger partial charge in [0.05, 0.1) is 0 Å². The summed E-state index contributed by atoms with van der Waals surface area (Å²) in [4.78, 5) is 0.296. The lowest BCUT2D eigenvalue weighted by Crippen LogP contribution is -2.51. The molecule has 2 atom stereocenters. The second-order valence-electron chi connectivity index (χ2n) is 5.97. The van der Waals surface area contributed by atoms with Crippen molar-refractivity contribution in [2.75, 3.05) is 20.1 Å². The lowest BCUT2D eigenvalue weighted by molar-refractivity contribution is 0.241. The molecule has 0 aromatic heterocycles. The first kappa shape index (κ1) is 15.7. The maximum Gasteiger partial charge on any atom is 0.282 e. The van der Waals surface area contributed by atoms with E-state index in [9.17, 15) is 8.42 Å². The summed E-state index contributed by atoms with van der Waals surface area (Å²) in [6, 6.07) is 0.109. The largest absolute Gasteiger partial charge is 0.282 e. The van der Waals surface area contributed by atoms with E-state index in [4.69, 9.17) is 0 Å². The summed E-state index contributed by atoms with van der Waals surface area (Å²) in [7, 11) is -1.53. The average Bonchev–Trinajstić information content (AvgIpc) is 2.39. The molecule has 2 rings (SSSR count). The fourth-order valence-electron chi connectivity index (χ4n) is 3.04. The summed E-state index contributed by atoms with van der Waals surface area (Å²) in [5, 5.41) is 0. The monoisotopic (exact) mass is 352 g/mol. The molecular weight excluding hydrogens is 328 g/mol. The van der Waals surface area contributed by atoms with Crippen molar-refractivity contribution < 1.29 is 8.42 Å². The van der Waals surface area contributed by atoms with Crippen LogP contribution < -0.4 is 0 Å². The van der Waals surface area contributed by atoms with Gasteiger partial charge in [-0.05, 0) is 31.6 Å². The Morgan fingerprint density at radius 3 is 2.26 bits per heavy atom. The first-order chi connectivity index (χ1) is 8.93. The highest BCUT2D eigenvalue weighted by Crippen LogP contribution is 2.31. The third-order valence-corrected chi connectivity index (χ3v) is 7.63. The zero-order valence-electron chi connectivity index (χ0n) is 11.9. The highest BCUT2D eigenvalue weighted by Gasteiger charge is 2.37. The van der Waals surface area contributed by atoms with Crippen molar-refractivity contribution >= 4 is 26.1 Å². The highest BCUT2D eigenvalue weighted by atomic mass is 79.9. The van der Waals surface area contributed by atoms with Crippen LogP contribution in [0.15, 0.2) is 0 Å². The van der Waals surface area contributed by atoms with Crippen molar-refractivity contribution in [2.24, 2.45) is 5.92 Å². The Labute approximate surface area is 125 Å². The van der Waals surface area contributed by atoms with E-state index in [2.05, 4.69) is 22.9 Å². The maximum atomic E-state index is 12.7. The summed E-state index contributed by atoms with van der Waals surface area (Å²) in [6.45, 7) is 3.55. The molecule has 112 valence electrons. The van der Waals surface area contributed by atoms with E-state index >= 15 is 0 Å². The predicted molar refractivity (Wildman–Crippen MR) is 81.6 cm³/mol. The molecule has 19 heavy (non-hydrogen) atoms. The third-order valence-electron chi connectivity index (χ3n) is 4.55. The van der Waals surface area contributed by atoms with Crippen molar-refractivity contribution in [1.29, 1.82) is 0 Å². The van der Waals surface area contributed by atoms with E-state index in [1.165, 1.54) is 6.42 Å². The minimum Gasteiger partial charge on any atom is -0.195 e. The van der Waals surface area contributed by atoms with E-state index in [0.717, 1.165) is 32.1 Å². The normalized spacial score (nSPS) is 31.8. The fourth-order valence-corrected chi connectivity index (χ4v) is 5.77. The van der Waals surface area contributed by atoms with E-state index in [-0.39, 0.29) is 6.04 Å². The second-order valence-corrected chi connectivity index (χ2v) is 9.14. The van der Waals surface area contributed by atoms with Crippen molar-refractivity contribution in [3.8, 4) is 0 Å². The molecule has 4 nitrogen and oxygen atoms in total. The zero-order chi connectivity index (χ0) is 14.0. The molecule has 1 saturated heterocycles. The van der Waals surface area contributed by atoms with Crippen LogP contribution in [0.3, 0.4) is 0 Å². The van der Waals surface area contributed by atoms with E-state index in [1.807, 2.05) is 0 Å². The lowest BCUT2D eigenvalue weighted by atomic mass is 9.96. The molecule has 0 radical (unpaired) electrons. The van der Waals surface area contributed by atoms with Gasteiger partial charge in [-0.3, -0.25) is 0 Å². The number of hydrogen-bond acceptors (Lipinski definition) is 2. The summed E-state index contributed by atoms with van der Waals surface area (Å²) in [5.41, 5.74) is 0. The van der Waals surface area contributed by atoms with Gasteiger partial charge in [-0.2, -0.15) is 17.0 Å². The van der Waals surface area contributed by atoms with Crippen molar-refractivity contribution in [3.63, 3.8) is 0 Å². The first-order valence-corrected chi connectivity index (χ1v) is 9.61. The van der Waals surface area contributed by atoms with Gasteiger partial charge in [0.2, 0.25) is 0 Å². The molecule has 2 fully saturated rings. The molecule has 0 amide bonds. The number of alkyl halides is 1. The Balaban J connectivity index is 2.05. The topological polar surface area (TPSA) is 40.6 Å². The molecule has 1 aliphatic carbocycles. The highest BCUT2D eigenvalue weighted by molar-refractivity contribution is 9.09. The molecular formula is C13H25BrN2O2S. The average molecular weight is 353 g/mol. The maximum absolute atomic E-state index is 12.7. The van der Waals surface area contributed by atoms with Crippen LogP contribution in [0.4, 0.5) is 0 Å². The Kier molecular flexibility index (Phi) is 5.31. The summed E-state index contributed by atoms with van der Waals surface area (Å²) in [5.74, 6) is 0.648. The van der Waals surface area contributed by atoms with Gasteiger partial charge in [0.1, 0.15) is 0 Å². The molecule has 1 heterocycles. The van der Waals surface area contributed by atoms with Crippen LogP contribution in [-0.2, 0) is 10.2 Å². The SMILES string of the molecule is CC1CCN(S(=O)(=O)N(C)C2CCCCC2Br)CC1. The molecule has 0 spiro atoms. The van der Waals surface area contributed by atoms with Crippen LogP contribution in [0, 0.1) is 5.92 Å². The number of hydrogen-bond donors (Lipinski definition) is 0. The van der Waals surface area contributed by atoms with Gasteiger partial charge >= 0.3 is 0 Å². The van der Waals surface area contributed by atoms with Gasteiger partial charge < -0.3 is 0 Å². The molecule has 0 N–H and O–H groups in total. The van der Waals surface area contributed by atoms with Gasteiger partial charge in [-0.1, -0.05) is 35.7 Å². The van der Waals surface area contributed by atoms with Crippen LogP contribution in [0.25, 0.3) is 0 Å². The van der Waals surface area contributed by atoms with Crippen molar-refractivity contribution in [1.82, 2.24) is 8.61 Å². The predicted octanol–water partition coefficient (Wildman–Crippen LogP) is 2.60. The zero-order valence-corrected chi connectivity index (χ0v) is 14.3. The van der Waals surface area contributed by atoms with Crippen LogP contribution in [0.2, 0.25) is 0 Å². The molecule has 0 bridgehead atoms. The standard InChI is InChI=1S/C13H25BrN2O2S/c1-11-7-9-16(10-8-11)19(17,18)15(2)13-6-4-3-5-12(13)14/h11-13H,3-10H2,1-2H3. The summed E-state index contributed by atoms with van der Waals surface area (Å²) < 4.78 is 28.6. The van der Waals surface area contributed by atoms with Crippen molar-refractivity contribution in [3.05, 3.63) is 0 Å². The smallest absolute Gasteiger partial charge is 0.195 e. The molecule has 1 aliphatic heterocycles. The second kappa shape index (κ2) is 6.41. The number of piperidine rings is 1. The number of halogens is 1. The summed E-state index contributed by atoms with van der Waals surface area (Å²) >= 11 is 3.66. The van der Waals surface area contributed by atoms with Gasteiger partial charge in [0, 0.05) is 31.0 Å². The quantitative estimate of drug-likeness (QED) is 0.732. The van der Waals surface area contributed by atoms with Gasteiger partial charge in [0.15, 0.2) is 0 Å². The fraction of sp³-hybridized carbons (Fsp3) is 1.00. The summed E-state index contributed by atoms with van der Waals surface area (Å²) in [6.07, 6.45) is 6.33. The molecule has 1 saturated carbocycles. The molecule has 0 aromatic rings. The van der Waals surface area contributed by atoms with Crippen molar-refractivity contribution in [2.45, 2.75) is 56.3 Å². The van der Waals surface area contributed by atoms with Crippen LogP contribution >= 0.6 is 15.9 Å². The first-order valence-electron chi connectivity index (χ1n) is 7.30. The minimum atomic E-state index is -3.28. The number of rotatable bonds is 3. The van der Waals surface area contributed by atoms with E-state index in [0.29, 0.717) is 23.8 Å². The van der Waals surface area contributed by atoms with E-state index in [1.54, 1.807) is 15.7 Å². The molecule has 0 aromatic carbocycles. The Morgan fingerprint density at radius 1 is 1.11 bits per heavy atom. The van der Waals surface area contributed by atoms with Crippen LogP contribution in [0.1, 0.15) is 45.4 Å². The molecule has 2 aliphatic rings. The number of nitrogens with zero attached hydrogens (tertiary/aromatic N) is 2. The van der Waals surface area contributed by atoms with Gasteiger partial charge in [-0.25, -0.2) is 0 Å². The Morgan fingerprint density at radius 2 is 1.68 bits per heavy atom. The van der Waals surface area contributed by atoms with Crippen LogP contribution in [0.5, 0.6) is 0 Å². The Bertz CT molecular complexity index is 393. The lowest BCUT2D eigenvalue weighted by Gasteiger charge is -2.38. The third kappa shape index (κ3) is 3.52. The molecule has 2 unspecified atom stereocenters. The van der Waals surface area contributed by atoms with Gasteiger partial charge in [-0.15, -0.1) is 0 Å². The van der Waals surface area contributed by atoms with E-state index < -0.39 is 10.2 Å². The Hall–Kier alpha value is 0.350. The van der Waals surface area contributed by atoms with Gasteiger partial charge in [0.25, 0.3) is 10.2 Å².